The maximum Gasteiger partial charge on any atom is -0.00637 e. The summed E-state index contributed by atoms with van der Waals surface area (Å²) < 4.78 is 0. The van der Waals surface area contributed by atoms with E-state index in [0.29, 0.717) is 0 Å². The molecule has 0 aliphatic heterocycles. The molecular weight excluding hydrogens is 577 g/mol. The Balaban J connectivity index is 0.000000762. The van der Waals surface area contributed by atoms with Crippen LogP contribution in [-0.4, -0.2) is 0 Å². The van der Waals surface area contributed by atoms with Gasteiger partial charge in [0.2, 0.25) is 0 Å². The molecule has 0 amide bonds. The minimum absolute atomic E-state index is 0.908. The van der Waals surface area contributed by atoms with E-state index in [2.05, 4.69) is 165 Å². The van der Waals surface area contributed by atoms with Crippen LogP contribution >= 0.6 is 0 Å². The lowest BCUT2D eigenvalue weighted by Gasteiger charge is -2.17. The van der Waals surface area contributed by atoms with E-state index in [1.807, 2.05) is 26.8 Å². The van der Waals surface area contributed by atoms with Crippen LogP contribution in [0, 0.1) is 0 Å². The lowest BCUT2D eigenvalue weighted by molar-refractivity contribution is 1.24. The highest BCUT2D eigenvalue weighted by molar-refractivity contribution is 5.98. The third kappa shape index (κ3) is 6.18. The van der Waals surface area contributed by atoms with Crippen LogP contribution in [0.3, 0.4) is 0 Å². The zero-order chi connectivity index (χ0) is 33.5. The molecule has 0 aromatic heterocycles. The lowest BCUT2D eigenvalue weighted by Crippen LogP contribution is -2.20. The van der Waals surface area contributed by atoms with E-state index in [-0.39, 0.29) is 0 Å². The highest BCUT2D eigenvalue weighted by atomic mass is 14.2. The first-order valence-corrected chi connectivity index (χ1v) is 16.9. The van der Waals surface area contributed by atoms with Gasteiger partial charge in [0.05, 0.1) is 0 Å². The third-order valence-electron chi connectivity index (χ3n) is 8.87. The van der Waals surface area contributed by atoms with E-state index in [1.54, 1.807) is 6.08 Å². The Morgan fingerprint density at radius 2 is 1.17 bits per heavy atom. The van der Waals surface area contributed by atoms with E-state index in [1.165, 1.54) is 81.7 Å². The van der Waals surface area contributed by atoms with Gasteiger partial charge in [-0.2, -0.15) is 0 Å². The van der Waals surface area contributed by atoms with Gasteiger partial charge in [0.1, 0.15) is 0 Å². The molecule has 1 aliphatic carbocycles. The fourth-order valence-electron chi connectivity index (χ4n) is 6.83. The summed E-state index contributed by atoms with van der Waals surface area (Å²) in [6.45, 7) is 13.4. The summed E-state index contributed by atoms with van der Waals surface area (Å²) in [6, 6.07) is 48.7. The first-order chi connectivity index (χ1) is 23.7. The van der Waals surface area contributed by atoms with Gasteiger partial charge in [-0.05, 0) is 101 Å². The van der Waals surface area contributed by atoms with Crippen LogP contribution < -0.4 is 10.4 Å². The summed E-state index contributed by atoms with van der Waals surface area (Å²) in [6.07, 6.45) is 11.4. The minimum atomic E-state index is 0.908. The summed E-state index contributed by atoms with van der Waals surface area (Å²) in [7, 11) is 0. The van der Waals surface area contributed by atoms with Crippen molar-refractivity contribution in [3.8, 4) is 22.3 Å². The van der Waals surface area contributed by atoms with E-state index < -0.39 is 0 Å². The molecular formula is C48H42. The Hall–Kier alpha value is -5.72. The zero-order valence-corrected chi connectivity index (χ0v) is 28.2. The Morgan fingerprint density at radius 1 is 0.562 bits per heavy atom. The van der Waals surface area contributed by atoms with Crippen molar-refractivity contribution in [2.24, 2.45) is 0 Å². The van der Waals surface area contributed by atoms with E-state index in [9.17, 15) is 0 Å². The van der Waals surface area contributed by atoms with Gasteiger partial charge < -0.3 is 0 Å². The quantitative estimate of drug-likeness (QED) is 0.172. The molecule has 0 spiro atoms. The maximum atomic E-state index is 4.11. The molecule has 0 nitrogen and oxygen atoms in total. The van der Waals surface area contributed by atoms with Gasteiger partial charge in [-0.3, -0.25) is 0 Å². The Labute approximate surface area is 285 Å². The predicted octanol–water partition coefficient (Wildman–Crippen LogP) is 12.0. The molecule has 7 aromatic rings. The minimum Gasteiger partial charge on any atom is -0.103 e. The molecule has 48 heavy (non-hydrogen) atoms. The molecule has 0 radical (unpaired) electrons. The van der Waals surface area contributed by atoms with E-state index >= 15 is 0 Å². The fourth-order valence-corrected chi connectivity index (χ4v) is 6.83. The van der Waals surface area contributed by atoms with Crippen LogP contribution in [-0.2, 0) is 6.42 Å². The number of benzene rings is 7. The molecule has 8 rings (SSSR count). The molecule has 0 saturated heterocycles. The molecule has 1 aliphatic rings. The zero-order valence-electron chi connectivity index (χ0n) is 28.2. The summed E-state index contributed by atoms with van der Waals surface area (Å²) >= 11 is 0. The first-order valence-electron chi connectivity index (χ1n) is 16.9. The van der Waals surface area contributed by atoms with Crippen molar-refractivity contribution in [1.82, 2.24) is 0 Å². The second-order valence-electron chi connectivity index (χ2n) is 11.7. The summed E-state index contributed by atoms with van der Waals surface area (Å²) in [5.41, 5.74) is 8.85. The van der Waals surface area contributed by atoms with Crippen molar-refractivity contribution >= 4 is 44.0 Å². The number of hydrogen-bond donors (Lipinski definition) is 0. The SMILES string of the molecule is C=C/C=c1/c(-c2ccc(-c3cccc4ccccc34)cc2)ccc2ccc3c(c12)CC=CC=3c1ccc2ccccc2c1.C=CC.CC. The van der Waals surface area contributed by atoms with Crippen molar-refractivity contribution in [1.29, 1.82) is 0 Å². The predicted molar refractivity (Wildman–Crippen MR) is 213 cm³/mol. The van der Waals surface area contributed by atoms with Crippen LogP contribution in [0.15, 0.2) is 171 Å². The molecule has 7 aromatic carbocycles. The molecule has 0 atom stereocenters. The van der Waals surface area contributed by atoms with Gasteiger partial charge in [0, 0.05) is 0 Å². The molecule has 234 valence electrons. The van der Waals surface area contributed by atoms with Gasteiger partial charge in [-0.15, -0.1) is 6.58 Å². The lowest BCUT2D eigenvalue weighted by atomic mass is 9.87. The smallest absolute Gasteiger partial charge is 0.00637 e. The van der Waals surface area contributed by atoms with Gasteiger partial charge in [-0.1, -0.05) is 178 Å². The highest BCUT2D eigenvalue weighted by Gasteiger charge is 2.14. The Morgan fingerprint density at radius 3 is 1.92 bits per heavy atom. The maximum absolute atomic E-state index is 4.11. The molecule has 0 heteroatoms. The van der Waals surface area contributed by atoms with Gasteiger partial charge in [0.15, 0.2) is 0 Å². The van der Waals surface area contributed by atoms with Crippen molar-refractivity contribution < 1.29 is 0 Å². The number of fused-ring (bicyclic) bond motifs is 5. The molecule has 0 saturated carbocycles. The highest BCUT2D eigenvalue weighted by Crippen LogP contribution is 2.31. The largest absolute Gasteiger partial charge is 0.103 e. The molecule has 0 N–H and O–H groups in total. The van der Waals surface area contributed by atoms with E-state index in [4.69, 9.17) is 0 Å². The van der Waals surface area contributed by atoms with Crippen molar-refractivity contribution in [2.45, 2.75) is 27.2 Å². The van der Waals surface area contributed by atoms with Gasteiger partial charge in [-0.25, -0.2) is 0 Å². The molecule has 0 bridgehead atoms. The van der Waals surface area contributed by atoms with Crippen molar-refractivity contribution in [3.63, 3.8) is 0 Å². The average Bonchev–Trinajstić information content (AvgIpc) is 3.15. The molecule has 0 unspecified atom stereocenters. The van der Waals surface area contributed by atoms with Crippen LogP contribution in [0.25, 0.3) is 66.2 Å². The van der Waals surface area contributed by atoms with Crippen LogP contribution in [0.1, 0.15) is 31.9 Å². The summed E-state index contributed by atoms with van der Waals surface area (Å²) in [4.78, 5) is 0. The average molecular weight is 619 g/mol. The summed E-state index contributed by atoms with van der Waals surface area (Å²) in [5.74, 6) is 0. The Kier molecular flexibility index (Phi) is 9.93. The second kappa shape index (κ2) is 14.8. The molecule has 0 heterocycles. The van der Waals surface area contributed by atoms with Crippen LogP contribution in [0.5, 0.6) is 0 Å². The van der Waals surface area contributed by atoms with Crippen LogP contribution in [0.2, 0.25) is 0 Å². The van der Waals surface area contributed by atoms with Crippen LogP contribution in [0.4, 0.5) is 0 Å². The third-order valence-corrected chi connectivity index (χ3v) is 8.87. The number of rotatable bonds is 4. The van der Waals surface area contributed by atoms with Gasteiger partial charge >= 0.3 is 0 Å². The number of allylic oxidation sites excluding steroid dienone is 4. The number of hydrogen-bond acceptors (Lipinski definition) is 0. The first kappa shape index (κ1) is 32.2. The monoisotopic (exact) mass is 618 g/mol. The van der Waals surface area contributed by atoms with Crippen molar-refractivity contribution in [3.05, 3.63) is 192 Å². The standard InChI is InChI=1S/C43H30.C3H6.C2H6/c1-2-9-41-39(32-21-19-31(20-22-32)37-15-7-13-30-11-5-6-14-36(30)37)26-24-33-25-27-40-38(16-8-17-42(40)43(33)41)35-23-18-29-10-3-4-12-34(29)28-35;1-3-2;1-2/h2-16,18-28H,1,17H2;3H,1H2,2H3;1-2H3/b41-9-;;. The van der Waals surface area contributed by atoms with E-state index in [0.717, 1.165) is 6.42 Å². The summed E-state index contributed by atoms with van der Waals surface area (Å²) in [5, 5.41) is 10.2. The Bertz CT molecular complexity index is 2410. The normalized spacial score (nSPS) is 12.1. The topological polar surface area (TPSA) is 0 Å². The molecule has 0 fully saturated rings. The van der Waals surface area contributed by atoms with Gasteiger partial charge in [0.25, 0.3) is 0 Å². The second-order valence-corrected chi connectivity index (χ2v) is 11.7. The van der Waals surface area contributed by atoms with Crippen molar-refractivity contribution in [2.75, 3.05) is 0 Å². The fraction of sp³-hybridized carbons (Fsp3) is 0.0833.